The van der Waals surface area contributed by atoms with E-state index in [4.69, 9.17) is 8.83 Å². The first kappa shape index (κ1) is 54.2. The molecule has 0 saturated carbocycles. The van der Waals surface area contributed by atoms with Gasteiger partial charge in [-0.15, -0.1) is 22.7 Å². The first-order valence-corrected chi connectivity index (χ1v) is 34.6. The number of nitrogens with zero attached hydrogens (tertiary/aromatic N) is 3. The number of rotatable bonds is 6. The first-order valence-electron chi connectivity index (χ1n) is 33.0. The Labute approximate surface area is 563 Å². The molecule has 0 amide bonds. The number of hydrogen-bond donors (Lipinski definition) is 0. The predicted octanol–water partition coefficient (Wildman–Crippen LogP) is 26.2. The zero-order valence-corrected chi connectivity index (χ0v) is 53.7. The normalized spacial score (nSPS) is 12.1. The molecule has 7 heteroatoms. The number of furan rings is 2. The van der Waals surface area contributed by atoms with Gasteiger partial charge in [0.25, 0.3) is 0 Å². The average Bonchev–Trinajstić information content (AvgIpc) is 1.74. The van der Waals surface area contributed by atoms with E-state index < -0.39 is 0 Å². The van der Waals surface area contributed by atoms with Gasteiger partial charge >= 0.3 is 0 Å². The number of aromatic nitrogens is 3. The smallest absolute Gasteiger partial charge is 0.143 e. The maximum absolute atomic E-state index is 6.79. The van der Waals surface area contributed by atoms with Crippen LogP contribution in [0.15, 0.2) is 330 Å². The summed E-state index contributed by atoms with van der Waals surface area (Å²) in [5, 5.41) is 17.2. The molecule has 0 aliphatic rings. The average molecular weight is 1270 g/mol. The largest absolute Gasteiger partial charge is 0.455 e. The van der Waals surface area contributed by atoms with E-state index in [0.717, 1.165) is 72.1 Å². The van der Waals surface area contributed by atoms with Crippen LogP contribution in [-0.2, 0) is 0 Å². The fraction of sp³-hybridized carbons (Fsp3) is 0. The predicted molar refractivity (Wildman–Crippen MR) is 413 cm³/mol. The molecule has 0 atom stereocenters. The quantitative estimate of drug-likeness (QED) is 0.166. The van der Waals surface area contributed by atoms with Gasteiger partial charge in [-0.2, -0.15) is 0 Å². The Morgan fingerprint density at radius 2 is 0.649 bits per heavy atom. The molecular weight excluding hydrogens is 1220 g/mol. The van der Waals surface area contributed by atoms with E-state index in [9.17, 15) is 0 Å². The molecule has 0 unspecified atom stereocenters. The van der Waals surface area contributed by atoms with Crippen molar-refractivity contribution < 1.29 is 8.83 Å². The minimum Gasteiger partial charge on any atom is -0.455 e. The molecule has 7 aromatic heterocycles. The Hall–Kier alpha value is -12.3. The molecule has 0 radical (unpaired) electrons. The summed E-state index contributed by atoms with van der Waals surface area (Å²) >= 11 is 3.70. The second kappa shape index (κ2) is 21.1. The lowest BCUT2D eigenvalue weighted by Gasteiger charge is -2.10. The summed E-state index contributed by atoms with van der Waals surface area (Å²) in [6.45, 7) is 0. The Morgan fingerprint density at radius 1 is 0.216 bits per heavy atom. The number of para-hydroxylation sites is 6. The lowest BCUT2D eigenvalue weighted by atomic mass is 9.97. The van der Waals surface area contributed by atoms with Crippen LogP contribution in [-0.4, -0.2) is 13.7 Å². The van der Waals surface area contributed by atoms with Crippen LogP contribution in [0.3, 0.4) is 0 Å². The molecule has 0 spiro atoms. The van der Waals surface area contributed by atoms with Gasteiger partial charge in [-0.1, -0.05) is 212 Å². The highest BCUT2D eigenvalue weighted by Gasteiger charge is 2.24. The molecule has 22 rings (SSSR count). The summed E-state index contributed by atoms with van der Waals surface area (Å²) in [5.41, 5.74) is 21.3. The van der Waals surface area contributed by atoms with Crippen molar-refractivity contribution in [2.45, 2.75) is 0 Å². The van der Waals surface area contributed by atoms with E-state index in [1.165, 1.54) is 128 Å². The highest BCUT2D eigenvalue weighted by Crippen LogP contribution is 2.48. The molecule has 22 aromatic rings. The minimum absolute atomic E-state index is 0.889. The first-order chi connectivity index (χ1) is 48.1. The van der Waals surface area contributed by atoms with Crippen LogP contribution in [0.25, 0.3) is 200 Å². The van der Waals surface area contributed by atoms with Crippen LogP contribution < -0.4 is 0 Å². The van der Waals surface area contributed by atoms with E-state index in [0.29, 0.717) is 0 Å². The van der Waals surface area contributed by atoms with Crippen LogP contribution in [0, 0.1) is 0 Å². The number of benzene rings is 15. The highest BCUT2D eigenvalue weighted by atomic mass is 32.1. The number of thiophene rings is 2. The van der Waals surface area contributed by atoms with E-state index >= 15 is 0 Å². The molecule has 0 N–H and O–H groups in total. The summed E-state index contributed by atoms with van der Waals surface area (Å²) in [5.74, 6) is 0. The standard InChI is InChI=1S/C48H28N2OS.C42H25NOS/c1-2-12-29(13-3-1)49-40-21-8-5-15-36(40)46-41(49)26-25-33-31-14-4-7-20-39(31)50(47(33)46)30-24-27-42-38(28-30)35-19-10-18-34(48(35)51-42)32-17-11-23-44-45(32)37-16-6-9-22-43(37)52-44;1-2-10-26(11-3-1)27-20-22-37-34(24-27)29-12-4-6-17-36(29)43(37)28-21-23-38-35(25-28)32-16-8-15-31(42(32)44-38)30-14-9-19-40-41(30)33-13-5-7-18-39(33)45-40/h1-28H;1-25H. The summed E-state index contributed by atoms with van der Waals surface area (Å²) in [4.78, 5) is 0. The van der Waals surface area contributed by atoms with Gasteiger partial charge in [0.1, 0.15) is 22.3 Å². The van der Waals surface area contributed by atoms with E-state index in [-0.39, 0.29) is 0 Å². The van der Waals surface area contributed by atoms with Crippen molar-refractivity contribution in [3.05, 3.63) is 322 Å². The van der Waals surface area contributed by atoms with Gasteiger partial charge in [0, 0.05) is 122 Å². The second-order valence-electron chi connectivity index (χ2n) is 25.3. The Bertz CT molecular complexity index is 7010. The second-order valence-corrected chi connectivity index (χ2v) is 27.5. The monoisotopic (exact) mass is 1270 g/mol. The maximum atomic E-state index is 6.79. The van der Waals surface area contributed by atoms with Crippen LogP contribution >= 0.6 is 22.7 Å². The van der Waals surface area contributed by atoms with Gasteiger partial charge in [0.05, 0.1) is 33.1 Å². The van der Waals surface area contributed by atoms with Crippen molar-refractivity contribution in [2.24, 2.45) is 0 Å². The fourth-order valence-corrected chi connectivity index (χ4v) is 18.2. The molecule has 0 aliphatic heterocycles. The number of fused-ring (bicyclic) bond motifs is 22. The third kappa shape index (κ3) is 8.10. The number of hydrogen-bond acceptors (Lipinski definition) is 4. The molecular formula is C90H53N3O2S2. The molecule has 0 saturated heterocycles. The molecule has 0 aliphatic carbocycles. The third-order valence-electron chi connectivity index (χ3n) is 20.1. The Balaban J connectivity index is 0.000000130. The fourth-order valence-electron chi connectivity index (χ4n) is 16.0. The molecule has 0 bridgehead atoms. The summed E-state index contributed by atoms with van der Waals surface area (Å²) in [7, 11) is 0. The Kier molecular flexibility index (Phi) is 11.8. The van der Waals surface area contributed by atoms with E-state index in [2.05, 4.69) is 335 Å². The van der Waals surface area contributed by atoms with Gasteiger partial charge in [-0.25, -0.2) is 0 Å². The van der Waals surface area contributed by atoms with Crippen molar-refractivity contribution in [2.75, 3.05) is 0 Å². The van der Waals surface area contributed by atoms with Crippen LogP contribution in [0.5, 0.6) is 0 Å². The van der Waals surface area contributed by atoms with Gasteiger partial charge in [0.15, 0.2) is 0 Å². The molecule has 15 aromatic carbocycles. The van der Waals surface area contributed by atoms with Crippen molar-refractivity contribution >= 4 is 172 Å². The molecule has 5 nitrogen and oxygen atoms in total. The minimum atomic E-state index is 0.889. The topological polar surface area (TPSA) is 41.1 Å². The molecule has 7 heterocycles. The molecule has 97 heavy (non-hydrogen) atoms. The van der Waals surface area contributed by atoms with Crippen LogP contribution in [0.4, 0.5) is 0 Å². The zero-order valence-electron chi connectivity index (χ0n) is 52.1. The maximum Gasteiger partial charge on any atom is 0.143 e. The molecule has 452 valence electrons. The van der Waals surface area contributed by atoms with Gasteiger partial charge in [0.2, 0.25) is 0 Å². The zero-order chi connectivity index (χ0) is 63.4. The third-order valence-corrected chi connectivity index (χ3v) is 22.4. The summed E-state index contributed by atoms with van der Waals surface area (Å²) < 4.78 is 25.9. The summed E-state index contributed by atoms with van der Waals surface area (Å²) in [6, 6.07) is 116. The van der Waals surface area contributed by atoms with Gasteiger partial charge in [-0.05, 0) is 131 Å². The van der Waals surface area contributed by atoms with Crippen LogP contribution in [0.2, 0.25) is 0 Å². The Morgan fingerprint density at radius 3 is 1.26 bits per heavy atom. The highest BCUT2D eigenvalue weighted by molar-refractivity contribution is 7.26. The molecule has 0 fully saturated rings. The van der Waals surface area contributed by atoms with Gasteiger partial charge < -0.3 is 22.5 Å². The van der Waals surface area contributed by atoms with E-state index in [1.54, 1.807) is 0 Å². The van der Waals surface area contributed by atoms with Crippen molar-refractivity contribution in [1.82, 2.24) is 13.7 Å². The lowest BCUT2D eigenvalue weighted by molar-refractivity contribution is 0.669. The van der Waals surface area contributed by atoms with Crippen molar-refractivity contribution in [3.63, 3.8) is 0 Å². The SMILES string of the molecule is c1ccc(-c2ccc3c(c2)c2ccccc2n3-c2ccc3oc4c(-c5cccc6sc7ccccc7c56)cccc4c3c2)cc1.c1ccc(-n2c3ccccc3c3c2ccc2c4ccccc4n(-c4ccc5oc6c(-c7cccc8sc9ccccc9c78)cccc6c5c4)c23)cc1. The van der Waals surface area contributed by atoms with E-state index in [1.807, 2.05) is 22.7 Å². The van der Waals surface area contributed by atoms with Crippen LogP contribution in [0.1, 0.15) is 0 Å². The lowest BCUT2D eigenvalue weighted by Crippen LogP contribution is -1.95. The summed E-state index contributed by atoms with van der Waals surface area (Å²) in [6.07, 6.45) is 0. The van der Waals surface area contributed by atoms with Crippen molar-refractivity contribution in [3.8, 4) is 50.4 Å². The van der Waals surface area contributed by atoms with Gasteiger partial charge in [-0.3, -0.25) is 0 Å². The van der Waals surface area contributed by atoms with Crippen molar-refractivity contribution in [1.29, 1.82) is 0 Å².